The SMILES string of the molecule is CCCC(NC(=O)OCC1c2ccccc2-c2ccccc21)C(=O)N[C@H](C(=O)O)[C@@H](C)CC. The zero-order valence-corrected chi connectivity index (χ0v) is 19.3. The highest BCUT2D eigenvalue weighted by molar-refractivity contribution is 5.89. The van der Waals surface area contributed by atoms with E-state index in [9.17, 15) is 19.5 Å². The lowest BCUT2D eigenvalue weighted by molar-refractivity contribution is -0.143. The van der Waals surface area contributed by atoms with Crippen molar-refractivity contribution in [2.45, 2.75) is 58.0 Å². The molecule has 0 heterocycles. The molecule has 1 aliphatic rings. The Kier molecular flexibility index (Phi) is 8.09. The number of carbonyl (C=O) groups excluding carboxylic acids is 2. The fourth-order valence-electron chi connectivity index (χ4n) is 4.28. The van der Waals surface area contributed by atoms with Crippen molar-refractivity contribution in [1.82, 2.24) is 10.6 Å². The maximum Gasteiger partial charge on any atom is 0.407 e. The number of rotatable bonds is 10. The van der Waals surface area contributed by atoms with Gasteiger partial charge < -0.3 is 20.5 Å². The van der Waals surface area contributed by atoms with E-state index >= 15 is 0 Å². The molecule has 0 aromatic heterocycles. The van der Waals surface area contributed by atoms with Gasteiger partial charge in [-0.3, -0.25) is 4.79 Å². The van der Waals surface area contributed by atoms with Crippen molar-refractivity contribution in [1.29, 1.82) is 0 Å². The van der Waals surface area contributed by atoms with E-state index in [0.717, 1.165) is 22.3 Å². The highest BCUT2D eigenvalue weighted by Gasteiger charge is 2.31. The summed E-state index contributed by atoms with van der Waals surface area (Å²) in [5.41, 5.74) is 4.48. The summed E-state index contributed by atoms with van der Waals surface area (Å²) in [6, 6.07) is 14.2. The predicted octanol–water partition coefficient (Wildman–Crippen LogP) is 4.31. The van der Waals surface area contributed by atoms with Crippen molar-refractivity contribution in [2.24, 2.45) is 5.92 Å². The van der Waals surface area contributed by atoms with Crippen LogP contribution in [0.2, 0.25) is 0 Å². The van der Waals surface area contributed by atoms with Gasteiger partial charge >= 0.3 is 12.1 Å². The number of fused-ring (bicyclic) bond motifs is 3. The molecule has 0 radical (unpaired) electrons. The normalized spacial score (nSPS) is 15.0. The lowest BCUT2D eigenvalue weighted by Gasteiger charge is -2.24. The number of alkyl carbamates (subject to hydrolysis) is 1. The molecule has 176 valence electrons. The number of amides is 2. The third-order valence-electron chi connectivity index (χ3n) is 6.31. The lowest BCUT2D eigenvalue weighted by atomic mass is 9.98. The van der Waals surface area contributed by atoms with Crippen LogP contribution in [0.25, 0.3) is 11.1 Å². The number of carboxylic acid groups (broad SMARTS) is 1. The molecule has 0 fully saturated rings. The second-order valence-electron chi connectivity index (χ2n) is 8.52. The summed E-state index contributed by atoms with van der Waals surface area (Å²) in [7, 11) is 0. The van der Waals surface area contributed by atoms with E-state index in [2.05, 4.69) is 22.8 Å². The predicted molar refractivity (Wildman–Crippen MR) is 126 cm³/mol. The standard InChI is InChI=1S/C26H32N2O5/c1-4-10-22(24(29)28-23(25(30)31)16(3)5-2)27-26(32)33-15-21-19-13-8-6-11-17(19)18-12-7-9-14-20(18)21/h6-9,11-14,16,21-23H,4-5,10,15H2,1-3H3,(H,27,32)(H,28,29)(H,30,31)/t16-,22?,23-/m0/s1. The number of hydrogen-bond donors (Lipinski definition) is 3. The van der Waals surface area contributed by atoms with Crippen LogP contribution >= 0.6 is 0 Å². The maximum absolute atomic E-state index is 12.7. The van der Waals surface area contributed by atoms with Crippen LogP contribution in [0, 0.1) is 5.92 Å². The molecular formula is C26H32N2O5. The third kappa shape index (κ3) is 5.53. The van der Waals surface area contributed by atoms with Crippen molar-refractivity contribution in [2.75, 3.05) is 6.61 Å². The molecule has 0 spiro atoms. The summed E-state index contributed by atoms with van der Waals surface area (Å²) >= 11 is 0. The fourth-order valence-corrected chi connectivity index (χ4v) is 4.28. The zero-order valence-electron chi connectivity index (χ0n) is 19.3. The first-order valence-electron chi connectivity index (χ1n) is 11.5. The smallest absolute Gasteiger partial charge is 0.407 e. The summed E-state index contributed by atoms with van der Waals surface area (Å²) in [6.45, 7) is 5.67. The molecule has 0 bridgehead atoms. The minimum atomic E-state index is -1.09. The van der Waals surface area contributed by atoms with Gasteiger partial charge in [0.05, 0.1) is 0 Å². The van der Waals surface area contributed by atoms with Crippen LogP contribution in [0.3, 0.4) is 0 Å². The quantitative estimate of drug-likeness (QED) is 0.498. The van der Waals surface area contributed by atoms with Gasteiger partial charge in [0, 0.05) is 5.92 Å². The van der Waals surface area contributed by atoms with Gasteiger partial charge in [0.1, 0.15) is 18.7 Å². The highest BCUT2D eigenvalue weighted by Crippen LogP contribution is 2.44. The van der Waals surface area contributed by atoms with Crippen molar-refractivity contribution in [3.8, 4) is 11.1 Å². The molecule has 3 N–H and O–H groups in total. The molecule has 2 aromatic rings. The summed E-state index contributed by atoms with van der Waals surface area (Å²) in [4.78, 5) is 36.9. The first-order valence-corrected chi connectivity index (χ1v) is 11.5. The van der Waals surface area contributed by atoms with Gasteiger partial charge in [-0.25, -0.2) is 9.59 Å². The molecular weight excluding hydrogens is 420 g/mol. The van der Waals surface area contributed by atoms with Gasteiger partial charge in [-0.05, 0) is 34.6 Å². The maximum atomic E-state index is 12.7. The van der Waals surface area contributed by atoms with Crippen LogP contribution in [-0.2, 0) is 14.3 Å². The van der Waals surface area contributed by atoms with Crippen LogP contribution in [0.4, 0.5) is 4.79 Å². The summed E-state index contributed by atoms with van der Waals surface area (Å²) in [6.07, 6.45) is 0.933. The Hall–Kier alpha value is -3.35. The van der Waals surface area contributed by atoms with Crippen molar-refractivity contribution >= 4 is 18.0 Å². The average Bonchev–Trinajstić information content (AvgIpc) is 3.13. The van der Waals surface area contributed by atoms with Gasteiger partial charge in [0.2, 0.25) is 5.91 Å². The van der Waals surface area contributed by atoms with E-state index in [4.69, 9.17) is 4.74 Å². The molecule has 0 saturated carbocycles. The van der Waals surface area contributed by atoms with Gasteiger partial charge in [-0.1, -0.05) is 82.1 Å². The molecule has 0 saturated heterocycles. The van der Waals surface area contributed by atoms with Gasteiger partial charge in [-0.2, -0.15) is 0 Å². The first kappa shape index (κ1) is 24.3. The van der Waals surface area contributed by atoms with Gasteiger partial charge in [-0.15, -0.1) is 0 Å². The average molecular weight is 453 g/mol. The van der Waals surface area contributed by atoms with E-state index in [-0.39, 0.29) is 18.4 Å². The molecule has 7 heteroatoms. The largest absolute Gasteiger partial charge is 0.480 e. The molecule has 2 aromatic carbocycles. The molecule has 7 nitrogen and oxygen atoms in total. The zero-order chi connectivity index (χ0) is 24.0. The monoisotopic (exact) mass is 452 g/mol. The Balaban J connectivity index is 1.65. The Morgan fingerprint density at radius 2 is 1.55 bits per heavy atom. The minimum absolute atomic E-state index is 0.0802. The van der Waals surface area contributed by atoms with Crippen molar-refractivity contribution in [3.63, 3.8) is 0 Å². The van der Waals surface area contributed by atoms with Crippen LogP contribution in [0.15, 0.2) is 48.5 Å². The molecule has 1 aliphatic carbocycles. The number of ether oxygens (including phenoxy) is 1. The van der Waals surface area contributed by atoms with E-state index in [1.807, 2.05) is 50.2 Å². The van der Waals surface area contributed by atoms with Gasteiger partial charge in [0.25, 0.3) is 0 Å². The number of aliphatic carboxylic acids is 1. The lowest BCUT2D eigenvalue weighted by Crippen LogP contribution is -2.53. The first-order chi connectivity index (χ1) is 15.9. The second-order valence-corrected chi connectivity index (χ2v) is 8.52. The summed E-state index contributed by atoms with van der Waals surface area (Å²) in [5.74, 6) is -1.92. The van der Waals surface area contributed by atoms with Crippen LogP contribution in [0.5, 0.6) is 0 Å². The number of carboxylic acids is 1. The van der Waals surface area contributed by atoms with Crippen LogP contribution in [-0.4, -0.2) is 41.8 Å². The van der Waals surface area contributed by atoms with Crippen molar-refractivity contribution < 1.29 is 24.2 Å². The number of benzene rings is 2. The van der Waals surface area contributed by atoms with E-state index in [1.54, 1.807) is 6.92 Å². The Labute approximate surface area is 194 Å². The molecule has 33 heavy (non-hydrogen) atoms. The molecule has 3 rings (SSSR count). The Bertz CT molecular complexity index is 960. The summed E-state index contributed by atoms with van der Waals surface area (Å²) < 4.78 is 5.54. The molecule has 0 aliphatic heterocycles. The molecule has 1 unspecified atom stereocenters. The molecule has 3 atom stereocenters. The third-order valence-corrected chi connectivity index (χ3v) is 6.31. The number of carbonyl (C=O) groups is 3. The van der Waals surface area contributed by atoms with Crippen LogP contribution < -0.4 is 10.6 Å². The minimum Gasteiger partial charge on any atom is -0.480 e. The van der Waals surface area contributed by atoms with E-state index in [0.29, 0.717) is 19.3 Å². The van der Waals surface area contributed by atoms with E-state index in [1.165, 1.54) is 0 Å². The van der Waals surface area contributed by atoms with Crippen molar-refractivity contribution in [3.05, 3.63) is 59.7 Å². The highest BCUT2D eigenvalue weighted by atomic mass is 16.5. The Morgan fingerprint density at radius 3 is 2.06 bits per heavy atom. The number of nitrogens with one attached hydrogen (secondary N) is 2. The van der Waals surface area contributed by atoms with Crippen LogP contribution in [0.1, 0.15) is 57.1 Å². The fraction of sp³-hybridized carbons (Fsp3) is 0.423. The Morgan fingerprint density at radius 1 is 0.970 bits per heavy atom. The van der Waals surface area contributed by atoms with E-state index < -0.39 is 30.1 Å². The topological polar surface area (TPSA) is 105 Å². The van der Waals surface area contributed by atoms with Gasteiger partial charge in [0.15, 0.2) is 0 Å². The molecule has 2 amide bonds. The second kappa shape index (κ2) is 11.0. The summed E-state index contributed by atoms with van der Waals surface area (Å²) in [5, 5.41) is 14.7. The number of hydrogen-bond acceptors (Lipinski definition) is 4.